The first-order valence-electron chi connectivity index (χ1n) is 5.82. The van der Waals surface area contributed by atoms with E-state index in [1.54, 1.807) is 11.8 Å². The van der Waals surface area contributed by atoms with Gasteiger partial charge in [-0.15, -0.1) is 11.8 Å². The van der Waals surface area contributed by atoms with Crippen molar-refractivity contribution in [1.29, 1.82) is 0 Å². The van der Waals surface area contributed by atoms with E-state index in [0.717, 1.165) is 22.5 Å². The van der Waals surface area contributed by atoms with Crippen LogP contribution in [0, 0.1) is 5.92 Å². The van der Waals surface area contributed by atoms with Gasteiger partial charge in [0.25, 0.3) is 0 Å². The Morgan fingerprint density at radius 1 is 1.44 bits per heavy atom. The van der Waals surface area contributed by atoms with Gasteiger partial charge in [-0.3, -0.25) is 0 Å². The standard InChI is InChI=1S/C12H17ClN2S/c1-8(2)5-6-16-11-7-10(13)14-12(15-11)9-3-4-9/h7-9H,3-6H2,1-2H3. The van der Waals surface area contributed by atoms with Crippen molar-refractivity contribution in [2.24, 2.45) is 5.92 Å². The van der Waals surface area contributed by atoms with Crippen LogP contribution in [-0.4, -0.2) is 15.7 Å². The maximum atomic E-state index is 6.00. The summed E-state index contributed by atoms with van der Waals surface area (Å²) in [6.45, 7) is 4.48. The molecule has 0 amide bonds. The molecule has 4 heteroatoms. The van der Waals surface area contributed by atoms with E-state index in [4.69, 9.17) is 11.6 Å². The summed E-state index contributed by atoms with van der Waals surface area (Å²) in [5.74, 6) is 3.37. The van der Waals surface area contributed by atoms with Crippen LogP contribution in [-0.2, 0) is 0 Å². The molecule has 0 unspecified atom stereocenters. The van der Waals surface area contributed by atoms with Gasteiger partial charge < -0.3 is 0 Å². The van der Waals surface area contributed by atoms with Crippen LogP contribution < -0.4 is 0 Å². The molecule has 2 nitrogen and oxygen atoms in total. The minimum absolute atomic E-state index is 0.572. The molecule has 0 atom stereocenters. The van der Waals surface area contributed by atoms with Crippen molar-refractivity contribution in [3.8, 4) is 0 Å². The highest BCUT2D eigenvalue weighted by Crippen LogP contribution is 2.39. The predicted molar refractivity (Wildman–Crippen MR) is 69.2 cm³/mol. The van der Waals surface area contributed by atoms with E-state index >= 15 is 0 Å². The Bertz CT molecular complexity index is 364. The third kappa shape index (κ3) is 3.63. The van der Waals surface area contributed by atoms with E-state index in [9.17, 15) is 0 Å². The molecule has 2 rings (SSSR count). The van der Waals surface area contributed by atoms with E-state index in [1.165, 1.54) is 19.3 Å². The molecular weight excluding hydrogens is 240 g/mol. The second-order valence-electron chi connectivity index (χ2n) is 4.69. The molecule has 1 heterocycles. The van der Waals surface area contributed by atoms with Crippen molar-refractivity contribution in [1.82, 2.24) is 9.97 Å². The van der Waals surface area contributed by atoms with Crippen molar-refractivity contribution in [3.05, 3.63) is 17.0 Å². The predicted octanol–water partition coefficient (Wildman–Crippen LogP) is 4.15. The van der Waals surface area contributed by atoms with Gasteiger partial charge in [0, 0.05) is 12.0 Å². The summed E-state index contributed by atoms with van der Waals surface area (Å²) in [5.41, 5.74) is 0. The van der Waals surface area contributed by atoms with E-state index in [2.05, 4.69) is 23.8 Å². The van der Waals surface area contributed by atoms with Crippen LogP contribution in [0.4, 0.5) is 0 Å². The zero-order valence-corrected chi connectivity index (χ0v) is 11.3. The van der Waals surface area contributed by atoms with Gasteiger partial charge in [-0.25, -0.2) is 9.97 Å². The van der Waals surface area contributed by atoms with Gasteiger partial charge >= 0.3 is 0 Å². The molecule has 16 heavy (non-hydrogen) atoms. The Morgan fingerprint density at radius 3 is 2.81 bits per heavy atom. The van der Waals surface area contributed by atoms with Crippen molar-refractivity contribution in [2.45, 2.75) is 44.1 Å². The number of halogens is 1. The third-order valence-electron chi connectivity index (χ3n) is 2.58. The highest BCUT2D eigenvalue weighted by molar-refractivity contribution is 7.99. The summed E-state index contributed by atoms with van der Waals surface area (Å²) in [6.07, 6.45) is 3.65. The van der Waals surface area contributed by atoms with Gasteiger partial charge in [0.15, 0.2) is 0 Å². The molecule has 0 spiro atoms. The molecule has 0 aliphatic heterocycles. The highest BCUT2D eigenvalue weighted by atomic mass is 35.5. The van der Waals surface area contributed by atoms with Crippen molar-refractivity contribution >= 4 is 23.4 Å². The van der Waals surface area contributed by atoms with Crippen LogP contribution in [0.5, 0.6) is 0 Å². The van der Waals surface area contributed by atoms with Crippen LogP contribution in [0.3, 0.4) is 0 Å². The fraction of sp³-hybridized carbons (Fsp3) is 0.667. The summed E-state index contributed by atoms with van der Waals surface area (Å²) in [6, 6.07) is 1.87. The second-order valence-corrected chi connectivity index (χ2v) is 6.19. The lowest BCUT2D eigenvalue weighted by Crippen LogP contribution is -1.96. The summed E-state index contributed by atoms with van der Waals surface area (Å²) < 4.78 is 0. The maximum Gasteiger partial charge on any atom is 0.134 e. The molecular formula is C12H17ClN2S. The fourth-order valence-corrected chi connectivity index (χ4v) is 2.82. The van der Waals surface area contributed by atoms with Crippen LogP contribution in [0.15, 0.2) is 11.1 Å². The summed E-state index contributed by atoms with van der Waals surface area (Å²) in [4.78, 5) is 8.84. The Kier molecular flexibility index (Phi) is 4.09. The maximum absolute atomic E-state index is 6.00. The Labute approximate surface area is 106 Å². The molecule has 1 aromatic rings. The minimum Gasteiger partial charge on any atom is -0.226 e. The number of thioether (sulfide) groups is 1. The third-order valence-corrected chi connectivity index (χ3v) is 3.71. The van der Waals surface area contributed by atoms with Gasteiger partial charge in [-0.1, -0.05) is 25.4 Å². The molecule has 1 aliphatic rings. The van der Waals surface area contributed by atoms with Gasteiger partial charge in [-0.05, 0) is 30.9 Å². The van der Waals surface area contributed by atoms with Crippen molar-refractivity contribution in [3.63, 3.8) is 0 Å². The normalized spacial score (nSPS) is 15.8. The lowest BCUT2D eigenvalue weighted by molar-refractivity contribution is 0.632. The molecule has 0 saturated heterocycles. The smallest absolute Gasteiger partial charge is 0.134 e. The SMILES string of the molecule is CC(C)CCSc1cc(Cl)nc(C2CC2)n1. The molecule has 0 bridgehead atoms. The topological polar surface area (TPSA) is 25.8 Å². The summed E-state index contributed by atoms with van der Waals surface area (Å²) in [5, 5.41) is 1.62. The molecule has 88 valence electrons. The Hall–Kier alpha value is -0.280. The number of nitrogens with zero attached hydrogens (tertiary/aromatic N) is 2. The lowest BCUT2D eigenvalue weighted by Gasteiger charge is -2.05. The number of rotatable bonds is 5. The fourth-order valence-electron chi connectivity index (χ4n) is 1.41. The van der Waals surface area contributed by atoms with Crippen molar-refractivity contribution in [2.75, 3.05) is 5.75 Å². The molecule has 1 aromatic heterocycles. The average molecular weight is 257 g/mol. The molecule has 1 aliphatic carbocycles. The summed E-state index contributed by atoms with van der Waals surface area (Å²) in [7, 11) is 0. The number of aromatic nitrogens is 2. The minimum atomic E-state index is 0.572. The first-order valence-corrected chi connectivity index (χ1v) is 7.19. The molecule has 0 N–H and O–H groups in total. The molecule has 1 fully saturated rings. The van der Waals surface area contributed by atoms with E-state index in [-0.39, 0.29) is 0 Å². The monoisotopic (exact) mass is 256 g/mol. The average Bonchev–Trinajstić information content (AvgIpc) is 2.99. The lowest BCUT2D eigenvalue weighted by atomic mass is 10.2. The number of hydrogen-bond acceptors (Lipinski definition) is 3. The molecule has 1 saturated carbocycles. The van der Waals surface area contributed by atoms with Gasteiger partial charge in [0.2, 0.25) is 0 Å². The van der Waals surface area contributed by atoms with Crippen molar-refractivity contribution < 1.29 is 0 Å². The summed E-state index contributed by atoms with van der Waals surface area (Å²) >= 11 is 7.79. The Balaban J connectivity index is 1.97. The first kappa shape index (κ1) is 12.2. The largest absolute Gasteiger partial charge is 0.226 e. The molecule has 0 aromatic carbocycles. The van der Waals surface area contributed by atoms with E-state index in [0.29, 0.717) is 11.1 Å². The van der Waals surface area contributed by atoms with Crippen LogP contribution in [0.1, 0.15) is 44.9 Å². The zero-order chi connectivity index (χ0) is 11.5. The highest BCUT2D eigenvalue weighted by Gasteiger charge is 2.27. The Morgan fingerprint density at radius 2 is 2.19 bits per heavy atom. The van der Waals surface area contributed by atoms with E-state index < -0.39 is 0 Å². The van der Waals surface area contributed by atoms with Gasteiger partial charge in [0.1, 0.15) is 16.0 Å². The zero-order valence-electron chi connectivity index (χ0n) is 9.74. The van der Waals surface area contributed by atoms with E-state index in [1.807, 2.05) is 6.07 Å². The van der Waals surface area contributed by atoms with Gasteiger partial charge in [-0.2, -0.15) is 0 Å². The quantitative estimate of drug-likeness (QED) is 0.585. The van der Waals surface area contributed by atoms with Gasteiger partial charge in [0.05, 0.1) is 0 Å². The van der Waals surface area contributed by atoms with Crippen LogP contribution in [0.25, 0.3) is 0 Å². The second kappa shape index (κ2) is 5.37. The first-order chi connectivity index (χ1) is 7.65. The molecule has 0 radical (unpaired) electrons. The van der Waals surface area contributed by atoms with Crippen LogP contribution in [0.2, 0.25) is 5.15 Å². The van der Waals surface area contributed by atoms with Crippen LogP contribution >= 0.6 is 23.4 Å². The number of hydrogen-bond donors (Lipinski definition) is 0.